The second-order valence-corrected chi connectivity index (χ2v) is 8.56. The van der Waals surface area contributed by atoms with E-state index in [4.69, 9.17) is 9.47 Å². The smallest absolute Gasteiger partial charge is 0.338 e. The van der Waals surface area contributed by atoms with Crippen LogP contribution in [0.15, 0.2) is 63.5 Å². The van der Waals surface area contributed by atoms with Gasteiger partial charge in [0.2, 0.25) is 5.75 Å². The number of thiazole rings is 1. The fraction of sp³-hybridized carbons (Fsp3) is 0.208. The van der Waals surface area contributed by atoms with Gasteiger partial charge in [0.1, 0.15) is 5.75 Å². The molecule has 1 atom stereocenters. The predicted octanol–water partition coefficient (Wildman–Crippen LogP) is 2.42. The van der Waals surface area contributed by atoms with Crippen molar-refractivity contribution < 1.29 is 24.3 Å². The van der Waals surface area contributed by atoms with E-state index in [-0.39, 0.29) is 22.3 Å². The van der Waals surface area contributed by atoms with Crippen molar-refractivity contribution in [3.63, 3.8) is 0 Å². The monoisotopic (exact) mass is 495 g/mol. The number of nitro benzene ring substituents is 1. The van der Waals surface area contributed by atoms with Crippen molar-refractivity contribution >= 4 is 29.1 Å². The summed E-state index contributed by atoms with van der Waals surface area (Å²) in [6.07, 6.45) is 1.38. The molecule has 10 nitrogen and oxygen atoms in total. The van der Waals surface area contributed by atoms with Crippen molar-refractivity contribution in [3.05, 3.63) is 94.7 Å². The van der Waals surface area contributed by atoms with Gasteiger partial charge in [0.15, 0.2) is 4.80 Å². The highest BCUT2D eigenvalue weighted by Crippen LogP contribution is 2.32. The Bertz CT molecular complexity index is 1530. The standard InChI is InChI=1S/C24H21N3O7S/c1-4-34-23(30)19-13(2)25-24-26(20(19)14-8-10-16(33-3)11-9-14)22(29)18(35-24)12-15-6-5-7-17(21(15)28)27(31)32/h5-12,20,28H,4H2,1-3H3/b18-12+/t20-/m0/s1. The Hall–Kier alpha value is -4.25. The number of benzene rings is 2. The summed E-state index contributed by atoms with van der Waals surface area (Å²) in [6.45, 7) is 3.52. The molecule has 1 aliphatic rings. The molecule has 0 aliphatic carbocycles. The number of methoxy groups -OCH3 is 1. The van der Waals surface area contributed by atoms with Crippen LogP contribution in [0, 0.1) is 10.1 Å². The lowest BCUT2D eigenvalue weighted by Crippen LogP contribution is -2.39. The van der Waals surface area contributed by atoms with Crippen molar-refractivity contribution in [3.8, 4) is 11.5 Å². The van der Waals surface area contributed by atoms with E-state index in [2.05, 4.69) is 4.99 Å². The van der Waals surface area contributed by atoms with Crippen molar-refractivity contribution in [1.29, 1.82) is 0 Å². The van der Waals surface area contributed by atoms with Crippen molar-refractivity contribution in [2.45, 2.75) is 19.9 Å². The molecule has 0 unspecified atom stereocenters. The van der Waals surface area contributed by atoms with Crippen LogP contribution in [0.1, 0.15) is 31.0 Å². The number of aromatic nitrogens is 1. The first-order chi connectivity index (χ1) is 16.8. The number of nitro groups is 1. The number of para-hydroxylation sites is 1. The van der Waals surface area contributed by atoms with E-state index in [0.29, 0.717) is 21.8 Å². The van der Waals surface area contributed by atoms with Gasteiger partial charge in [-0.15, -0.1) is 0 Å². The molecule has 1 aromatic heterocycles. The lowest BCUT2D eigenvalue weighted by Gasteiger charge is -2.24. The number of rotatable bonds is 6. The molecule has 0 amide bonds. The zero-order chi connectivity index (χ0) is 25.3. The first-order valence-electron chi connectivity index (χ1n) is 10.6. The molecule has 0 bridgehead atoms. The average molecular weight is 496 g/mol. The van der Waals surface area contributed by atoms with Crippen LogP contribution in [0.5, 0.6) is 11.5 Å². The molecule has 0 spiro atoms. The Morgan fingerprint density at radius 2 is 2.00 bits per heavy atom. The van der Waals surface area contributed by atoms with Gasteiger partial charge in [0.25, 0.3) is 5.56 Å². The van der Waals surface area contributed by atoms with Gasteiger partial charge in [0, 0.05) is 11.6 Å². The lowest BCUT2D eigenvalue weighted by atomic mass is 9.96. The molecule has 1 aliphatic heterocycles. The van der Waals surface area contributed by atoms with Crippen LogP contribution in [0.3, 0.4) is 0 Å². The van der Waals surface area contributed by atoms with E-state index in [1.165, 1.54) is 36.0 Å². The Labute approximate surface area is 202 Å². The number of phenolic OH excluding ortho intramolecular Hbond substituents is 1. The largest absolute Gasteiger partial charge is 0.502 e. The Kier molecular flexibility index (Phi) is 6.52. The number of esters is 1. The minimum absolute atomic E-state index is 0.117. The van der Waals surface area contributed by atoms with Crippen LogP contribution in [0.25, 0.3) is 6.08 Å². The van der Waals surface area contributed by atoms with Gasteiger partial charge in [-0.25, -0.2) is 9.79 Å². The highest BCUT2D eigenvalue weighted by Gasteiger charge is 2.33. The molecular formula is C24H21N3O7S. The summed E-state index contributed by atoms with van der Waals surface area (Å²) in [7, 11) is 1.54. The van der Waals surface area contributed by atoms with Crippen LogP contribution in [0.2, 0.25) is 0 Å². The summed E-state index contributed by atoms with van der Waals surface area (Å²) in [5.41, 5.74) is 0.475. The van der Waals surface area contributed by atoms with Gasteiger partial charge in [-0.3, -0.25) is 19.5 Å². The van der Waals surface area contributed by atoms with Crippen molar-refractivity contribution in [2.75, 3.05) is 13.7 Å². The number of carbonyl (C=O) groups excluding carboxylic acids is 1. The molecule has 0 fully saturated rings. The Balaban J connectivity index is 1.95. The quantitative estimate of drug-likeness (QED) is 0.315. The van der Waals surface area contributed by atoms with Crippen molar-refractivity contribution in [1.82, 2.24) is 4.57 Å². The molecule has 2 heterocycles. The van der Waals surface area contributed by atoms with Gasteiger partial charge >= 0.3 is 11.7 Å². The maximum Gasteiger partial charge on any atom is 0.338 e. The summed E-state index contributed by atoms with van der Waals surface area (Å²) in [5.74, 6) is -0.515. The second-order valence-electron chi connectivity index (χ2n) is 7.55. The molecule has 35 heavy (non-hydrogen) atoms. The maximum absolute atomic E-state index is 13.6. The van der Waals surface area contributed by atoms with E-state index in [1.807, 2.05) is 0 Å². The number of aromatic hydroxyl groups is 1. The summed E-state index contributed by atoms with van der Waals surface area (Å²) < 4.78 is 12.1. The normalized spacial score (nSPS) is 15.4. The number of phenols is 1. The molecule has 0 radical (unpaired) electrons. The fourth-order valence-electron chi connectivity index (χ4n) is 3.85. The third-order valence-electron chi connectivity index (χ3n) is 5.48. The number of carbonyl (C=O) groups is 1. The number of allylic oxidation sites excluding steroid dienone is 1. The topological polar surface area (TPSA) is 133 Å². The van der Waals surface area contributed by atoms with E-state index >= 15 is 0 Å². The highest BCUT2D eigenvalue weighted by atomic mass is 32.1. The molecule has 2 aromatic carbocycles. The third kappa shape index (κ3) is 4.33. The minimum atomic E-state index is -0.808. The molecule has 4 rings (SSSR count). The lowest BCUT2D eigenvalue weighted by molar-refractivity contribution is -0.385. The molecule has 0 saturated carbocycles. The average Bonchev–Trinajstić information content (AvgIpc) is 3.13. The molecular weight excluding hydrogens is 474 g/mol. The third-order valence-corrected chi connectivity index (χ3v) is 6.46. The molecule has 11 heteroatoms. The first kappa shape index (κ1) is 23.9. The van der Waals surface area contributed by atoms with Gasteiger partial charge in [-0.1, -0.05) is 35.6 Å². The number of fused-ring (bicyclic) bond motifs is 1. The van der Waals surface area contributed by atoms with E-state index < -0.39 is 33.9 Å². The number of nitrogens with zero attached hydrogens (tertiary/aromatic N) is 3. The Morgan fingerprint density at radius 1 is 1.29 bits per heavy atom. The first-order valence-corrected chi connectivity index (χ1v) is 11.4. The fourth-order valence-corrected chi connectivity index (χ4v) is 4.88. The zero-order valence-electron chi connectivity index (χ0n) is 19.0. The van der Waals surface area contributed by atoms with Crippen LogP contribution in [-0.4, -0.2) is 34.3 Å². The summed E-state index contributed by atoms with van der Waals surface area (Å²) in [6, 6.07) is 10.2. The maximum atomic E-state index is 13.6. The van der Waals surface area contributed by atoms with E-state index in [0.717, 1.165) is 11.3 Å². The summed E-state index contributed by atoms with van der Waals surface area (Å²) >= 11 is 1.05. The molecule has 180 valence electrons. The second kappa shape index (κ2) is 9.55. The van der Waals surface area contributed by atoms with Crippen LogP contribution < -0.4 is 19.6 Å². The van der Waals surface area contributed by atoms with E-state index in [1.54, 1.807) is 38.1 Å². The van der Waals surface area contributed by atoms with Gasteiger partial charge in [0.05, 0.1) is 40.5 Å². The summed E-state index contributed by atoms with van der Waals surface area (Å²) in [5, 5.41) is 21.5. The minimum Gasteiger partial charge on any atom is -0.502 e. The van der Waals surface area contributed by atoms with Crippen LogP contribution >= 0.6 is 11.3 Å². The number of ether oxygens (including phenoxy) is 2. The van der Waals surface area contributed by atoms with E-state index in [9.17, 15) is 24.8 Å². The predicted molar refractivity (Wildman–Crippen MR) is 128 cm³/mol. The van der Waals surface area contributed by atoms with Gasteiger partial charge in [-0.05, 0) is 37.6 Å². The van der Waals surface area contributed by atoms with Gasteiger partial charge < -0.3 is 14.6 Å². The van der Waals surface area contributed by atoms with Crippen LogP contribution in [0.4, 0.5) is 5.69 Å². The molecule has 3 aromatic rings. The SMILES string of the molecule is CCOC(=O)C1=C(C)N=c2s/c(=C/c3cccc([N+](=O)[O-])c3O)c(=O)n2[C@H]1c1ccc(OC)cc1. The van der Waals surface area contributed by atoms with Gasteiger partial charge in [-0.2, -0.15) is 0 Å². The number of hydrogen-bond acceptors (Lipinski definition) is 9. The highest BCUT2D eigenvalue weighted by molar-refractivity contribution is 7.07. The van der Waals surface area contributed by atoms with Crippen molar-refractivity contribution in [2.24, 2.45) is 4.99 Å². The number of hydrogen-bond donors (Lipinski definition) is 1. The Morgan fingerprint density at radius 3 is 2.63 bits per heavy atom. The molecule has 0 saturated heterocycles. The van der Waals surface area contributed by atoms with Crippen LogP contribution in [-0.2, 0) is 9.53 Å². The molecule has 1 N–H and O–H groups in total. The summed E-state index contributed by atoms with van der Waals surface area (Å²) in [4.78, 5) is 41.8. The zero-order valence-corrected chi connectivity index (χ0v) is 19.9.